The van der Waals surface area contributed by atoms with Gasteiger partial charge in [0.25, 0.3) is 0 Å². The summed E-state index contributed by atoms with van der Waals surface area (Å²) >= 11 is 1.96. The van der Waals surface area contributed by atoms with E-state index in [2.05, 4.69) is 11.6 Å². The zero-order valence-corrected chi connectivity index (χ0v) is 12.4. The van der Waals surface area contributed by atoms with Gasteiger partial charge in [0, 0.05) is 17.3 Å². The van der Waals surface area contributed by atoms with E-state index in [0.29, 0.717) is 11.6 Å². The first kappa shape index (κ1) is 14.5. The lowest BCUT2D eigenvalue weighted by Gasteiger charge is -2.31. The van der Waals surface area contributed by atoms with Gasteiger partial charge in [-0.3, -0.25) is 0 Å². The highest BCUT2D eigenvalue weighted by Crippen LogP contribution is 2.34. The SMILES string of the molecule is CSC1CCC(NC(C)c2c(O)cccc2O)CC1. The minimum atomic E-state index is -0.0305. The van der Waals surface area contributed by atoms with Crippen LogP contribution in [0.1, 0.15) is 44.2 Å². The van der Waals surface area contributed by atoms with Gasteiger partial charge >= 0.3 is 0 Å². The Balaban J connectivity index is 1.96. The molecule has 2 rings (SSSR count). The average Bonchev–Trinajstić information content (AvgIpc) is 2.39. The molecule has 1 aliphatic rings. The molecule has 1 saturated carbocycles. The Hall–Kier alpha value is -0.870. The van der Waals surface area contributed by atoms with E-state index in [1.165, 1.54) is 25.7 Å². The van der Waals surface area contributed by atoms with E-state index in [9.17, 15) is 10.2 Å². The lowest BCUT2D eigenvalue weighted by atomic mass is 9.93. The Labute approximate surface area is 119 Å². The van der Waals surface area contributed by atoms with Crippen molar-refractivity contribution in [2.24, 2.45) is 0 Å². The van der Waals surface area contributed by atoms with Crippen molar-refractivity contribution in [3.63, 3.8) is 0 Å². The number of benzene rings is 1. The zero-order chi connectivity index (χ0) is 13.8. The molecule has 1 atom stereocenters. The molecular weight excluding hydrogens is 258 g/mol. The Morgan fingerprint density at radius 1 is 1.16 bits per heavy atom. The molecular formula is C15H23NO2S. The summed E-state index contributed by atoms with van der Waals surface area (Å²) in [7, 11) is 0. The number of aromatic hydroxyl groups is 2. The zero-order valence-electron chi connectivity index (χ0n) is 11.6. The monoisotopic (exact) mass is 281 g/mol. The second-order valence-electron chi connectivity index (χ2n) is 5.31. The molecule has 0 bridgehead atoms. The van der Waals surface area contributed by atoms with Gasteiger partial charge in [-0.05, 0) is 51.0 Å². The molecule has 1 unspecified atom stereocenters. The first-order valence-electron chi connectivity index (χ1n) is 6.91. The molecule has 0 saturated heterocycles. The maximum absolute atomic E-state index is 9.87. The molecule has 0 aliphatic heterocycles. The van der Waals surface area contributed by atoms with Crippen LogP contribution in [0, 0.1) is 0 Å². The van der Waals surface area contributed by atoms with Gasteiger partial charge in [-0.1, -0.05) is 6.07 Å². The summed E-state index contributed by atoms with van der Waals surface area (Å²) < 4.78 is 0. The van der Waals surface area contributed by atoms with Crippen molar-refractivity contribution in [1.82, 2.24) is 5.32 Å². The van der Waals surface area contributed by atoms with Gasteiger partial charge in [-0.2, -0.15) is 11.8 Å². The number of hydrogen-bond acceptors (Lipinski definition) is 4. The predicted octanol–water partition coefficient (Wildman–Crippen LogP) is 3.42. The van der Waals surface area contributed by atoms with Crippen molar-refractivity contribution < 1.29 is 10.2 Å². The van der Waals surface area contributed by atoms with Gasteiger partial charge in [0.2, 0.25) is 0 Å². The lowest BCUT2D eigenvalue weighted by molar-refractivity contribution is 0.340. The summed E-state index contributed by atoms with van der Waals surface area (Å²) in [5.41, 5.74) is 0.606. The second-order valence-corrected chi connectivity index (χ2v) is 6.45. The summed E-state index contributed by atoms with van der Waals surface area (Å²) in [5.74, 6) is 0.329. The van der Waals surface area contributed by atoms with E-state index < -0.39 is 0 Å². The molecule has 4 heteroatoms. The molecule has 0 radical (unpaired) electrons. The quantitative estimate of drug-likeness (QED) is 0.791. The highest BCUT2D eigenvalue weighted by Gasteiger charge is 2.23. The number of nitrogens with one attached hydrogen (secondary N) is 1. The van der Waals surface area contributed by atoms with E-state index in [1.807, 2.05) is 18.7 Å². The van der Waals surface area contributed by atoms with Gasteiger partial charge in [0.1, 0.15) is 11.5 Å². The molecule has 0 spiro atoms. The second kappa shape index (κ2) is 6.53. The fourth-order valence-corrected chi connectivity index (χ4v) is 3.63. The molecule has 1 aliphatic carbocycles. The number of thioether (sulfide) groups is 1. The van der Waals surface area contributed by atoms with Gasteiger partial charge in [-0.25, -0.2) is 0 Å². The van der Waals surface area contributed by atoms with E-state index in [4.69, 9.17) is 0 Å². The highest BCUT2D eigenvalue weighted by atomic mass is 32.2. The van der Waals surface area contributed by atoms with Gasteiger partial charge in [0.15, 0.2) is 0 Å². The van der Waals surface area contributed by atoms with E-state index in [0.717, 1.165) is 5.25 Å². The van der Waals surface area contributed by atoms with Crippen molar-refractivity contribution in [2.75, 3.05) is 6.26 Å². The van der Waals surface area contributed by atoms with Crippen LogP contribution in [-0.2, 0) is 0 Å². The standard InChI is InChI=1S/C15H23NO2S/c1-10(15-13(17)4-3-5-14(15)18)16-11-6-8-12(19-2)9-7-11/h3-5,10-12,16-18H,6-9H2,1-2H3. The van der Waals surface area contributed by atoms with Gasteiger partial charge in [-0.15, -0.1) is 0 Å². The molecule has 1 aromatic carbocycles. The average molecular weight is 281 g/mol. The smallest absolute Gasteiger partial charge is 0.124 e. The molecule has 1 fully saturated rings. The van der Waals surface area contributed by atoms with Crippen molar-refractivity contribution in [1.29, 1.82) is 0 Å². The Bertz CT molecular complexity index is 396. The summed E-state index contributed by atoms with van der Waals surface area (Å²) in [5, 5.41) is 24.1. The first-order chi connectivity index (χ1) is 9.11. The number of phenolic OH excluding ortho intramolecular Hbond substituents is 2. The van der Waals surface area contributed by atoms with Gasteiger partial charge in [0.05, 0.1) is 5.56 Å². The molecule has 3 nitrogen and oxygen atoms in total. The van der Waals surface area contributed by atoms with Crippen LogP contribution < -0.4 is 5.32 Å². The van der Waals surface area contributed by atoms with Crippen molar-refractivity contribution in [3.8, 4) is 11.5 Å². The summed E-state index contributed by atoms with van der Waals surface area (Å²) in [6.45, 7) is 2.00. The maximum Gasteiger partial charge on any atom is 0.124 e. The summed E-state index contributed by atoms with van der Waals surface area (Å²) in [6, 6.07) is 5.36. The number of rotatable bonds is 4. The van der Waals surface area contributed by atoms with Crippen LogP contribution in [0.5, 0.6) is 11.5 Å². The van der Waals surface area contributed by atoms with Crippen LogP contribution in [0.25, 0.3) is 0 Å². The molecule has 106 valence electrons. The van der Waals surface area contributed by atoms with Crippen LogP contribution in [0.3, 0.4) is 0 Å². The first-order valence-corrected chi connectivity index (χ1v) is 8.20. The van der Waals surface area contributed by atoms with Crippen LogP contribution in [0.2, 0.25) is 0 Å². The minimum absolute atomic E-state index is 0.0305. The Kier molecular flexibility index (Phi) is 4.99. The lowest BCUT2D eigenvalue weighted by Crippen LogP contribution is -2.35. The summed E-state index contributed by atoms with van der Waals surface area (Å²) in [6.07, 6.45) is 7.02. The highest BCUT2D eigenvalue weighted by molar-refractivity contribution is 7.99. The van der Waals surface area contributed by atoms with Crippen LogP contribution in [0.15, 0.2) is 18.2 Å². The van der Waals surface area contributed by atoms with E-state index >= 15 is 0 Å². The topological polar surface area (TPSA) is 52.5 Å². The molecule has 0 heterocycles. The summed E-state index contributed by atoms with van der Waals surface area (Å²) in [4.78, 5) is 0. The van der Waals surface area contributed by atoms with E-state index in [1.54, 1.807) is 18.2 Å². The van der Waals surface area contributed by atoms with Crippen molar-refractivity contribution in [2.45, 2.75) is 49.9 Å². The van der Waals surface area contributed by atoms with Crippen LogP contribution in [0.4, 0.5) is 0 Å². The normalized spacial score (nSPS) is 25.2. The molecule has 1 aromatic rings. The Morgan fingerprint density at radius 3 is 2.26 bits per heavy atom. The van der Waals surface area contributed by atoms with Crippen molar-refractivity contribution >= 4 is 11.8 Å². The Morgan fingerprint density at radius 2 is 1.74 bits per heavy atom. The van der Waals surface area contributed by atoms with Gasteiger partial charge < -0.3 is 15.5 Å². The van der Waals surface area contributed by atoms with Crippen LogP contribution >= 0.6 is 11.8 Å². The third kappa shape index (κ3) is 3.57. The molecule has 3 N–H and O–H groups in total. The molecule has 0 aromatic heterocycles. The molecule has 19 heavy (non-hydrogen) atoms. The largest absolute Gasteiger partial charge is 0.507 e. The fourth-order valence-electron chi connectivity index (χ4n) is 2.89. The number of hydrogen-bond donors (Lipinski definition) is 3. The van der Waals surface area contributed by atoms with E-state index in [-0.39, 0.29) is 17.5 Å². The third-order valence-electron chi connectivity index (χ3n) is 3.99. The predicted molar refractivity (Wildman–Crippen MR) is 80.9 cm³/mol. The third-order valence-corrected chi connectivity index (χ3v) is 5.12. The van der Waals surface area contributed by atoms with Crippen molar-refractivity contribution in [3.05, 3.63) is 23.8 Å². The maximum atomic E-state index is 9.87. The fraction of sp³-hybridized carbons (Fsp3) is 0.600. The molecule has 0 amide bonds. The minimum Gasteiger partial charge on any atom is -0.507 e. The number of phenols is 2. The van der Waals surface area contributed by atoms with Crippen LogP contribution in [-0.4, -0.2) is 27.8 Å².